The Balaban J connectivity index is 1.80. The number of aromatic nitrogens is 3. The first-order chi connectivity index (χ1) is 13.7. The monoisotopic (exact) mass is 413 g/mol. The third-order valence-electron chi connectivity index (χ3n) is 4.36. The van der Waals surface area contributed by atoms with Gasteiger partial charge in [-0.05, 0) is 37.6 Å². The highest BCUT2D eigenvalue weighted by Gasteiger charge is 2.18. The van der Waals surface area contributed by atoms with Crippen molar-refractivity contribution in [2.24, 2.45) is 7.05 Å². The Morgan fingerprint density at radius 2 is 1.93 bits per heavy atom. The van der Waals surface area contributed by atoms with E-state index >= 15 is 0 Å². The van der Waals surface area contributed by atoms with E-state index in [1.165, 1.54) is 6.08 Å². The van der Waals surface area contributed by atoms with E-state index in [1.807, 2.05) is 13.8 Å². The number of hydrogen-bond donors (Lipinski definition) is 2. The quantitative estimate of drug-likeness (QED) is 0.579. The lowest BCUT2D eigenvalue weighted by atomic mass is 10.1. The predicted octanol–water partition coefficient (Wildman–Crippen LogP) is 2.44. The lowest BCUT2D eigenvalue weighted by molar-refractivity contribution is 0.102. The van der Waals surface area contributed by atoms with Crippen molar-refractivity contribution >= 4 is 32.7 Å². The third-order valence-corrected chi connectivity index (χ3v) is 5.68. The van der Waals surface area contributed by atoms with Gasteiger partial charge in [-0.1, -0.05) is 18.2 Å². The summed E-state index contributed by atoms with van der Waals surface area (Å²) in [4.78, 5) is 17.3. The summed E-state index contributed by atoms with van der Waals surface area (Å²) in [6.07, 6.45) is 1.48. The lowest BCUT2D eigenvalue weighted by Gasteiger charge is -2.09. The summed E-state index contributed by atoms with van der Waals surface area (Å²) < 4.78 is 28.0. The number of amides is 1. The van der Waals surface area contributed by atoms with Crippen molar-refractivity contribution in [3.63, 3.8) is 0 Å². The zero-order chi connectivity index (χ0) is 21.2. The second kappa shape index (κ2) is 8.14. The van der Waals surface area contributed by atoms with E-state index in [-0.39, 0.29) is 18.2 Å². The van der Waals surface area contributed by atoms with E-state index < -0.39 is 10.0 Å². The number of carbonyl (C=O) groups is 1. The van der Waals surface area contributed by atoms with Crippen LogP contribution in [0.3, 0.4) is 0 Å². The summed E-state index contributed by atoms with van der Waals surface area (Å²) in [6, 6.07) is 8.44. The molecule has 8 nitrogen and oxygen atoms in total. The number of pyridine rings is 1. The molecule has 0 saturated carbocycles. The molecule has 0 aliphatic rings. The zero-order valence-corrected chi connectivity index (χ0v) is 17.4. The molecule has 1 amide bonds. The number of sulfonamides is 1. The van der Waals surface area contributed by atoms with Gasteiger partial charge in [0, 0.05) is 25.0 Å². The Bertz CT molecular complexity index is 1180. The van der Waals surface area contributed by atoms with E-state index in [1.54, 1.807) is 42.1 Å². The van der Waals surface area contributed by atoms with E-state index in [9.17, 15) is 13.2 Å². The summed E-state index contributed by atoms with van der Waals surface area (Å²) in [5.74, 6) is -0.418. The van der Waals surface area contributed by atoms with Gasteiger partial charge in [0.2, 0.25) is 10.0 Å². The molecule has 0 unspecified atom stereocenters. The predicted molar refractivity (Wildman–Crippen MR) is 113 cm³/mol. The maximum absolute atomic E-state index is 12.9. The zero-order valence-electron chi connectivity index (χ0n) is 16.6. The van der Waals surface area contributed by atoms with E-state index in [2.05, 4.69) is 26.7 Å². The minimum absolute atomic E-state index is 0.145. The fourth-order valence-electron chi connectivity index (χ4n) is 3.09. The van der Waals surface area contributed by atoms with E-state index in [4.69, 9.17) is 0 Å². The van der Waals surface area contributed by atoms with Crippen molar-refractivity contribution in [3.8, 4) is 0 Å². The molecule has 152 valence electrons. The highest BCUT2D eigenvalue weighted by molar-refractivity contribution is 7.88. The summed E-state index contributed by atoms with van der Waals surface area (Å²) >= 11 is 0. The van der Waals surface area contributed by atoms with Crippen LogP contribution in [0.5, 0.6) is 0 Å². The highest BCUT2D eigenvalue weighted by atomic mass is 32.2. The molecule has 3 rings (SSSR count). The molecular formula is C20H23N5O3S. The average molecular weight is 414 g/mol. The Kier molecular flexibility index (Phi) is 5.81. The van der Waals surface area contributed by atoms with Gasteiger partial charge in [-0.3, -0.25) is 9.48 Å². The standard InChI is InChI=1S/C20H23N5O3S/c1-5-10-21-29(27,28)12-15-6-8-16(9-7-15)23-20(26)17-11-13(2)22-19-18(17)14(3)24-25(19)4/h5-9,11,21H,1,10,12H2,2-4H3,(H,23,26). The van der Waals surface area contributed by atoms with Gasteiger partial charge in [0.25, 0.3) is 5.91 Å². The van der Waals surface area contributed by atoms with Gasteiger partial charge in [-0.2, -0.15) is 5.10 Å². The van der Waals surface area contributed by atoms with Gasteiger partial charge in [-0.25, -0.2) is 18.1 Å². The first kappa shape index (κ1) is 20.7. The van der Waals surface area contributed by atoms with Crippen molar-refractivity contribution in [2.75, 3.05) is 11.9 Å². The molecule has 2 heterocycles. The molecule has 0 atom stereocenters. The van der Waals surface area contributed by atoms with Crippen LogP contribution in [0, 0.1) is 13.8 Å². The van der Waals surface area contributed by atoms with Crippen LogP contribution in [0.4, 0.5) is 5.69 Å². The molecule has 0 aliphatic heterocycles. The maximum Gasteiger partial charge on any atom is 0.256 e. The molecule has 2 aromatic heterocycles. The van der Waals surface area contributed by atoms with Gasteiger partial charge >= 0.3 is 0 Å². The van der Waals surface area contributed by atoms with Gasteiger partial charge in [0.1, 0.15) is 0 Å². The van der Waals surface area contributed by atoms with Crippen LogP contribution in [0.2, 0.25) is 0 Å². The molecule has 0 saturated heterocycles. The van der Waals surface area contributed by atoms with Gasteiger partial charge in [0.05, 0.1) is 22.4 Å². The van der Waals surface area contributed by atoms with Crippen molar-refractivity contribution in [1.29, 1.82) is 0 Å². The largest absolute Gasteiger partial charge is 0.322 e. The normalized spacial score (nSPS) is 11.6. The number of carbonyl (C=O) groups excluding carboxylic acids is 1. The summed E-state index contributed by atoms with van der Waals surface area (Å²) in [6.45, 7) is 7.34. The van der Waals surface area contributed by atoms with Crippen LogP contribution in [0.25, 0.3) is 11.0 Å². The first-order valence-electron chi connectivity index (χ1n) is 8.99. The smallest absolute Gasteiger partial charge is 0.256 e. The number of hydrogen-bond acceptors (Lipinski definition) is 5. The second-order valence-corrected chi connectivity index (χ2v) is 8.57. The number of aryl methyl sites for hydroxylation is 3. The molecule has 0 spiro atoms. The molecule has 3 aromatic rings. The fourth-order valence-corrected chi connectivity index (χ4v) is 4.19. The Hall–Kier alpha value is -3.04. The van der Waals surface area contributed by atoms with Crippen molar-refractivity contribution < 1.29 is 13.2 Å². The Morgan fingerprint density at radius 1 is 1.24 bits per heavy atom. The number of fused-ring (bicyclic) bond motifs is 1. The van der Waals surface area contributed by atoms with Crippen LogP contribution in [0.1, 0.15) is 27.3 Å². The molecular weight excluding hydrogens is 390 g/mol. The molecule has 0 fully saturated rings. The Morgan fingerprint density at radius 3 is 2.59 bits per heavy atom. The van der Waals surface area contributed by atoms with Crippen LogP contribution < -0.4 is 10.0 Å². The van der Waals surface area contributed by atoms with Crippen molar-refractivity contribution in [2.45, 2.75) is 19.6 Å². The SMILES string of the molecule is C=CCNS(=O)(=O)Cc1ccc(NC(=O)c2cc(C)nc3c2c(C)nn3C)cc1. The van der Waals surface area contributed by atoms with Crippen LogP contribution in [-0.2, 0) is 22.8 Å². The first-order valence-corrected chi connectivity index (χ1v) is 10.6. The minimum atomic E-state index is -3.43. The minimum Gasteiger partial charge on any atom is -0.322 e. The topological polar surface area (TPSA) is 106 Å². The van der Waals surface area contributed by atoms with E-state index in [0.717, 1.165) is 11.4 Å². The van der Waals surface area contributed by atoms with Crippen LogP contribution in [0.15, 0.2) is 43.0 Å². The van der Waals surface area contributed by atoms with Crippen molar-refractivity contribution in [3.05, 3.63) is 65.5 Å². The summed E-state index contributed by atoms with van der Waals surface area (Å²) in [7, 11) is -1.64. The van der Waals surface area contributed by atoms with Gasteiger partial charge in [0.15, 0.2) is 5.65 Å². The number of nitrogens with zero attached hydrogens (tertiary/aromatic N) is 3. The number of anilines is 1. The van der Waals surface area contributed by atoms with Crippen LogP contribution in [-0.4, -0.2) is 35.6 Å². The number of rotatable bonds is 7. The number of benzene rings is 1. The van der Waals surface area contributed by atoms with Crippen LogP contribution >= 0.6 is 0 Å². The molecule has 0 radical (unpaired) electrons. The Labute approximate surface area is 169 Å². The molecule has 1 aromatic carbocycles. The number of nitrogens with one attached hydrogen (secondary N) is 2. The maximum atomic E-state index is 12.9. The molecule has 29 heavy (non-hydrogen) atoms. The average Bonchev–Trinajstić information content (AvgIpc) is 2.94. The summed E-state index contributed by atoms with van der Waals surface area (Å²) in [5.41, 5.74) is 3.79. The molecule has 2 N–H and O–H groups in total. The second-order valence-electron chi connectivity index (χ2n) is 6.77. The van der Waals surface area contributed by atoms with Gasteiger partial charge in [-0.15, -0.1) is 6.58 Å². The van der Waals surface area contributed by atoms with Gasteiger partial charge < -0.3 is 5.32 Å². The lowest BCUT2D eigenvalue weighted by Crippen LogP contribution is -2.25. The molecule has 0 aliphatic carbocycles. The molecule has 0 bridgehead atoms. The highest BCUT2D eigenvalue weighted by Crippen LogP contribution is 2.23. The summed E-state index contributed by atoms with van der Waals surface area (Å²) in [5, 5.41) is 7.92. The van der Waals surface area contributed by atoms with E-state index in [0.29, 0.717) is 27.8 Å². The third kappa shape index (κ3) is 4.69. The molecule has 9 heteroatoms. The fraction of sp³-hybridized carbons (Fsp3) is 0.250. The van der Waals surface area contributed by atoms with Crippen molar-refractivity contribution in [1.82, 2.24) is 19.5 Å².